The largest absolute Gasteiger partial charge is 0.382 e. The second-order valence-corrected chi connectivity index (χ2v) is 11.5. The number of ether oxygens (including phenoxy) is 2. The second-order valence-electron chi connectivity index (χ2n) is 3.00. The first kappa shape index (κ1) is 13.4. The zero-order valence-electron chi connectivity index (χ0n) is 7.63. The van der Waals surface area contributed by atoms with Crippen molar-refractivity contribution in [1.29, 1.82) is 0 Å². The van der Waals surface area contributed by atoms with Gasteiger partial charge in [-0.15, -0.1) is 0 Å². The third-order valence-corrected chi connectivity index (χ3v) is 3.30. The van der Waals surface area contributed by atoms with E-state index in [1.807, 2.05) is 0 Å². The Morgan fingerprint density at radius 3 is 2.93 bits per heavy atom. The molecule has 1 saturated heterocycles. The molecule has 1 N–H and O–H groups in total. The summed E-state index contributed by atoms with van der Waals surface area (Å²) in [6.45, 7) is 0.393. The summed E-state index contributed by atoms with van der Waals surface area (Å²) in [5, 5.41) is 0. The number of rotatable bonds is 4. The lowest BCUT2D eigenvalue weighted by Gasteiger charge is -2.20. The normalized spacial score (nSPS) is 36.9. The van der Waals surface area contributed by atoms with Crippen LogP contribution in [0.15, 0.2) is 0 Å². The van der Waals surface area contributed by atoms with Gasteiger partial charge in [-0.2, -0.15) is 0 Å². The maximum atomic E-state index is 9.40. The van der Waals surface area contributed by atoms with E-state index in [-0.39, 0.29) is 18.2 Å². The Kier molecular flexibility index (Phi) is 5.31. The van der Waals surface area contributed by atoms with Crippen molar-refractivity contribution in [2.24, 2.45) is 0 Å². The molecule has 0 amide bonds. The van der Waals surface area contributed by atoms with Crippen molar-refractivity contribution in [2.75, 3.05) is 13.7 Å². The molecule has 4 atom stereocenters. The molecule has 1 aliphatic heterocycles. The minimum atomic E-state index is -2.69. The fourth-order valence-electron chi connectivity index (χ4n) is 1.34. The van der Waals surface area contributed by atoms with Crippen LogP contribution in [0.5, 0.6) is 0 Å². The van der Waals surface area contributed by atoms with E-state index >= 15 is 0 Å². The van der Waals surface area contributed by atoms with E-state index in [9.17, 15) is 4.89 Å². The van der Waals surface area contributed by atoms with Gasteiger partial charge >= 0.3 is 0 Å². The first-order valence-electron chi connectivity index (χ1n) is 4.03. The minimum absolute atomic E-state index is 0.237. The lowest BCUT2D eigenvalue weighted by atomic mass is 9.96. The maximum absolute atomic E-state index is 9.40. The van der Waals surface area contributed by atoms with E-state index in [1.165, 1.54) is 0 Å². The first-order chi connectivity index (χ1) is 6.42. The molecule has 1 aliphatic rings. The average molecular weight is 348 g/mol. The van der Waals surface area contributed by atoms with Gasteiger partial charge < -0.3 is 18.9 Å². The summed E-state index contributed by atoms with van der Waals surface area (Å²) in [7, 11) is 7.17. The van der Waals surface area contributed by atoms with Gasteiger partial charge in [0.2, 0.25) is 4.13 Å². The van der Waals surface area contributed by atoms with Crippen molar-refractivity contribution in [1.82, 2.24) is 0 Å². The molecule has 0 bridgehead atoms. The number of hydrogen-bond acceptors (Lipinski definition) is 4. The summed E-state index contributed by atoms with van der Waals surface area (Å²) in [5.74, 6) is 0. The summed E-state index contributed by atoms with van der Waals surface area (Å²) in [6, 6.07) is -0.363. The van der Waals surface area contributed by atoms with Gasteiger partial charge in [0.1, 0.15) is 14.0 Å². The Morgan fingerprint density at radius 1 is 1.79 bits per heavy atom. The van der Waals surface area contributed by atoms with Gasteiger partial charge in [-0.3, -0.25) is 0 Å². The molecule has 0 saturated carbocycles. The molecule has 0 aromatic heterocycles. The van der Waals surface area contributed by atoms with Gasteiger partial charge in [-0.05, 0) is 18.2 Å². The smallest absolute Gasteiger partial charge is 0.247 e. The molecule has 80 valence electrons. The van der Waals surface area contributed by atoms with Crippen LogP contribution in [0, 0.1) is 0 Å². The molecular weight excluding hydrogens is 337 g/mol. The van der Waals surface area contributed by atoms with Crippen LogP contribution < -0.4 is 0 Å². The number of methoxy groups -OCH3 is 1. The van der Waals surface area contributed by atoms with Gasteiger partial charge in [0.15, 0.2) is 0 Å². The van der Waals surface area contributed by atoms with Crippen LogP contribution >= 0.6 is 26.2 Å². The molecule has 0 aliphatic carbocycles. The van der Waals surface area contributed by atoms with Gasteiger partial charge in [0.25, 0.3) is 0 Å². The molecule has 0 aromatic carbocycles. The molecule has 1 fully saturated rings. The van der Waals surface area contributed by atoms with Gasteiger partial charge in [0.05, 0.1) is 12.7 Å². The van der Waals surface area contributed by atoms with Gasteiger partial charge in [-0.25, -0.2) is 0 Å². The van der Waals surface area contributed by atoms with Gasteiger partial charge in [0, 0.05) is 35.2 Å². The Hall–Kier alpha value is 1.28. The van der Waals surface area contributed by atoms with Gasteiger partial charge in [-0.1, -0.05) is 0 Å². The predicted octanol–water partition coefficient (Wildman–Crippen LogP) is 0.953. The molecular formula is C6H11BIO4PS. The Bertz CT molecular complexity index is 238. The van der Waals surface area contributed by atoms with Crippen molar-refractivity contribution in [3.05, 3.63) is 0 Å². The van der Waals surface area contributed by atoms with E-state index in [0.29, 0.717) is 13.0 Å². The van der Waals surface area contributed by atoms with E-state index in [0.717, 1.165) is 0 Å². The molecule has 2 radical (unpaired) electrons. The number of hydrogen-bond donors (Lipinski definition) is 1. The minimum Gasteiger partial charge on any atom is -0.382 e. The summed E-state index contributed by atoms with van der Waals surface area (Å²) >= 11 is 6.52. The fraction of sp³-hybridized carbons (Fsp3) is 1.00. The molecule has 8 heteroatoms. The molecule has 0 aromatic rings. The van der Waals surface area contributed by atoms with Crippen LogP contribution in [0.1, 0.15) is 6.42 Å². The molecule has 2 unspecified atom stereocenters. The van der Waals surface area contributed by atoms with Crippen molar-refractivity contribution in [3.8, 4) is 0 Å². The van der Waals surface area contributed by atoms with Crippen LogP contribution in [0.2, 0.25) is 0 Å². The van der Waals surface area contributed by atoms with E-state index in [4.69, 9.17) is 33.7 Å². The molecule has 0 spiro atoms. The van der Waals surface area contributed by atoms with Crippen LogP contribution in [0.25, 0.3) is 0 Å². The highest BCUT2D eigenvalue weighted by molar-refractivity contribution is 14.2. The zero-order chi connectivity index (χ0) is 10.8. The molecule has 14 heavy (non-hydrogen) atoms. The fourth-order valence-corrected chi connectivity index (χ4v) is 3.10. The average Bonchev–Trinajstić information content (AvgIpc) is 2.28. The third-order valence-electron chi connectivity index (χ3n) is 1.83. The standard InChI is InChI=1S/C6H11BIO4PS/c1-10-3-5-4(2-6(7)11-5)12-13(8,9)14/h4-6H,2-3H2,1H3,(H,9,14)/t4?,5-,6-,13?/m1/s1. The Balaban J connectivity index is 2.53. The second kappa shape index (κ2) is 5.56. The summed E-state index contributed by atoms with van der Waals surface area (Å²) in [6.07, 6.45) is 0.0348. The van der Waals surface area contributed by atoms with E-state index in [2.05, 4.69) is 0 Å². The van der Waals surface area contributed by atoms with Crippen LogP contribution in [-0.4, -0.2) is 44.7 Å². The molecule has 1 heterocycles. The third kappa shape index (κ3) is 4.43. The lowest BCUT2D eigenvalue weighted by Crippen LogP contribution is -2.27. The van der Waals surface area contributed by atoms with Crippen LogP contribution in [-0.2, 0) is 25.8 Å². The quantitative estimate of drug-likeness (QED) is 0.466. The topological polar surface area (TPSA) is 47.9 Å². The highest BCUT2D eigenvalue weighted by Crippen LogP contribution is 2.54. The van der Waals surface area contributed by atoms with Crippen LogP contribution in [0.3, 0.4) is 0 Å². The van der Waals surface area contributed by atoms with Crippen molar-refractivity contribution in [3.63, 3.8) is 0 Å². The lowest BCUT2D eigenvalue weighted by molar-refractivity contribution is -0.00917. The van der Waals surface area contributed by atoms with E-state index in [1.54, 1.807) is 29.2 Å². The predicted molar refractivity (Wildman–Crippen MR) is 66.3 cm³/mol. The summed E-state index contributed by atoms with van der Waals surface area (Å²) in [4.78, 5) is 9.40. The molecule has 4 nitrogen and oxygen atoms in total. The maximum Gasteiger partial charge on any atom is 0.247 e. The van der Waals surface area contributed by atoms with E-state index < -0.39 is 4.13 Å². The SMILES string of the molecule is [B][C@H]1CC(OP(O)(=S)I)[C@@H](COC)O1. The zero-order valence-corrected chi connectivity index (χ0v) is 11.5. The highest BCUT2D eigenvalue weighted by Gasteiger charge is 2.35. The Morgan fingerprint density at radius 2 is 2.43 bits per heavy atom. The molecule has 1 rings (SSSR count). The van der Waals surface area contributed by atoms with Crippen molar-refractivity contribution in [2.45, 2.75) is 24.6 Å². The highest BCUT2D eigenvalue weighted by atomic mass is 127. The van der Waals surface area contributed by atoms with Crippen molar-refractivity contribution < 1.29 is 18.9 Å². The summed E-state index contributed by atoms with van der Waals surface area (Å²) < 4.78 is 12.9. The first-order valence-corrected chi connectivity index (χ1v) is 9.49. The van der Waals surface area contributed by atoms with Crippen molar-refractivity contribution >= 4 is 45.8 Å². The summed E-state index contributed by atoms with van der Waals surface area (Å²) in [5.41, 5.74) is 0. The number of halogens is 1. The monoisotopic (exact) mass is 348 g/mol. The van der Waals surface area contributed by atoms with Crippen LogP contribution in [0.4, 0.5) is 0 Å². The Labute approximate surface area is 103 Å².